The number of carbonyl (C=O) groups excluding carboxylic acids is 2. The van der Waals surface area contributed by atoms with Crippen LogP contribution in [0.15, 0.2) is 30.6 Å². The molecule has 0 unspecified atom stereocenters. The number of hydrogen-bond donors (Lipinski definition) is 3. The molecule has 2 amide bonds. The monoisotopic (exact) mass is 579 g/mol. The van der Waals surface area contributed by atoms with E-state index < -0.39 is 41.4 Å². The van der Waals surface area contributed by atoms with Gasteiger partial charge in [0.15, 0.2) is 0 Å². The molecule has 1 saturated carbocycles. The molecule has 3 N–H and O–H groups in total. The van der Waals surface area contributed by atoms with E-state index in [1.807, 2.05) is 4.90 Å². The molecule has 2 saturated heterocycles. The van der Waals surface area contributed by atoms with Crippen LogP contribution in [-0.4, -0.2) is 82.9 Å². The lowest BCUT2D eigenvalue weighted by atomic mass is 9.67. The summed E-state index contributed by atoms with van der Waals surface area (Å²) in [5.41, 5.74) is -1.12. The molecule has 3 fully saturated rings. The van der Waals surface area contributed by atoms with E-state index in [0.29, 0.717) is 37.4 Å². The van der Waals surface area contributed by atoms with Crippen LogP contribution >= 0.6 is 0 Å². The van der Waals surface area contributed by atoms with Crippen molar-refractivity contribution >= 4 is 11.8 Å². The first kappa shape index (κ1) is 29.3. The van der Waals surface area contributed by atoms with Crippen LogP contribution in [0.4, 0.5) is 17.6 Å². The highest BCUT2D eigenvalue weighted by atomic mass is 19.4. The van der Waals surface area contributed by atoms with E-state index >= 15 is 0 Å². The predicted octanol–water partition coefficient (Wildman–Crippen LogP) is 3.09. The predicted molar refractivity (Wildman–Crippen MR) is 139 cm³/mol. The molecule has 3 heterocycles. The molecule has 0 radical (unpaired) electrons. The lowest BCUT2D eigenvalue weighted by Crippen LogP contribution is -2.53. The van der Waals surface area contributed by atoms with Crippen molar-refractivity contribution in [1.82, 2.24) is 25.5 Å². The van der Waals surface area contributed by atoms with Gasteiger partial charge in [-0.25, -0.2) is 14.4 Å². The van der Waals surface area contributed by atoms with Gasteiger partial charge in [0, 0.05) is 18.7 Å². The van der Waals surface area contributed by atoms with Crippen LogP contribution in [0.25, 0.3) is 11.3 Å². The minimum Gasteiger partial charge on any atom is -0.476 e. The third-order valence-corrected chi connectivity index (χ3v) is 8.41. The molecule has 5 rings (SSSR count). The fourth-order valence-corrected chi connectivity index (χ4v) is 5.66. The quantitative estimate of drug-likeness (QED) is 0.323. The van der Waals surface area contributed by atoms with Crippen LogP contribution in [-0.2, 0) is 4.79 Å². The number of aliphatic hydroxyl groups is 1. The third kappa shape index (κ3) is 6.68. The molecule has 13 heteroatoms. The zero-order chi connectivity index (χ0) is 29.2. The number of carbonyl (C=O) groups is 2. The molecule has 2 atom stereocenters. The Kier molecular flexibility index (Phi) is 8.57. The number of hydrogen-bond acceptors (Lipinski definition) is 8. The molecule has 0 spiro atoms. The number of halogens is 4. The Morgan fingerprint density at radius 1 is 1.17 bits per heavy atom. The second-order valence-electron chi connectivity index (χ2n) is 11.3. The summed E-state index contributed by atoms with van der Waals surface area (Å²) in [5, 5.41) is 14.5. The van der Waals surface area contributed by atoms with Crippen molar-refractivity contribution in [3.05, 3.63) is 42.0 Å². The average Bonchev–Trinajstić information content (AvgIpc) is 3.36. The van der Waals surface area contributed by atoms with Gasteiger partial charge in [0.2, 0.25) is 11.8 Å². The Labute approximate surface area is 234 Å². The number of aromatic nitrogens is 2. The molecular weight excluding hydrogens is 546 g/mol. The minimum atomic E-state index is -4.16. The van der Waals surface area contributed by atoms with Crippen molar-refractivity contribution in [2.45, 2.75) is 56.8 Å². The Balaban J connectivity index is 1.09. The van der Waals surface area contributed by atoms with Crippen molar-refractivity contribution in [2.24, 2.45) is 11.3 Å². The molecule has 1 aliphatic carbocycles. The molecule has 2 aromatic rings. The van der Waals surface area contributed by atoms with Gasteiger partial charge in [-0.1, -0.05) is 12.5 Å². The van der Waals surface area contributed by atoms with Crippen LogP contribution < -0.4 is 15.4 Å². The second kappa shape index (κ2) is 12.0. The van der Waals surface area contributed by atoms with Crippen molar-refractivity contribution < 1.29 is 37.0 Å². The summed E-state index contributed by atoms with van der Waals surface area (Å²) in [6.45, 7) is 1.90. The summed E-state index contributed by atoms with van der Waals surface area (Å²) in [7, 11) is 0. The van der Waals surface area contributed by atoms with E-state index in [1.54, 1.807) is 0 Å². The Bertz CT molecular complexity index is 1250. The highest BCUT2D eigenvalue weighted by molar-refractivity contribution is 6.06. The first-order valence-electron chi connectivity index (χ1n) is 13.8. The van der Waals surface area contributed by atoms with Crippen molar-refractivity contribution in [2.75, 3.05) is 32.8 Å². The summed E-state index contributed by atoms with van der Waals surface area (Å²) >= 11 is 0. The molecule has 41 heavy (non-hydrogen) atoms. The number of imide groups is 1. The second-order valence-corrected chi connectivity index (χ2v) is 11.3. The van der Waals surface area contributed by atoms with Crippen molar-refractivity contribution in [1.29, 1.82) is 0 Å². The maximum atomic E-state index is 14.7. The van der Waals surface area contributed by atoms with Crippen LogP contribution in [0, 0.1) is 17.2 Å². The number of nitrogens with one attached hydrogen (secondary N) is 2. The summed E-state index contributed by atoms with van der Waals surface area (Å²) in [5.74, 6) is -1.87. The number of alkyl halides is 3. The number of nitrogens with zero attached hydrogens (tertiary/aromatic N) is 3. The van der Waals surface area contributed by atoms with Gasteiger partial charge >= 0.3 is 6.18 Å². The van der Waals surface area contributed by atoms with E-state index in [4.69, 9.17) is 4.74 Å². The fraction of sp³-hybridized carbons (Fsp3) is 0.571. The number of rotatable bonds is 8. The van der Waals surface area contributed by atoms with E-state index in [-0.39, 0.29) is 49.7 Å². The van der Waals surface area contributed by atoms with Gasteiger partial charge in [0.1, 0.15) is 5.82 Å². The molecule has 9 nitrogen and oxygen atoms in total. The molecule has 3 aliphatic rings. The lowest BCUT2D eigenvalue weighted by molar-refractivity contribution is -0.256. The first-order chi connectivity index (χ1) is 19.5. The highest BCUT2D eigenvalue weighted by Gasteiger charge is 2.58. The number of ether oxygens (including phenoxy) is 1. The van der Waals surface area contributed by atoms with E-state index in [9.17, 15) is 32.3 Å². The van der Waals surface area contributed by atoms with E-state index in [2.05, 4.69) is 20.6 Å². The first-order valence-corrected chi connectivity index (χ1v) is 13.8. The lowest BCUT2D eigenvalue weighted by Gasteiger charge is -2.47. The summed E-state index contributed by atoms with van der Waals surface area (Å²) in [6.07, 6.45) is 0.713. The zero-order valence-electron chi connectivity index (χ0n) is 22.4. The zero-order valence-corrected chi connectivity index (χ0v) is 22.4. The average molecular weight is 580 g/mol. The molecule has 222 valence electrons. The number of amides is 2. The van der Waals surface area contributed by atoms with Crippen molar-refractivity contribution in [3.8, 4) is 17.1 Å². The molecule has 1 aromatic carbocycles. The van der Waals surface area contributed by atoms with Gasteiger partial charge < -0.3 is 20.1 Å². The van der Waals surface area contributed by atoms with Gasteiger partial charge in [-0.05, 0) is 63.2 Å². The minimum absolute atomic E-state index is 0.0737. The van der Waals surface area contributed by atoms with E-state index in [1.165, 1.54) is 24.5 Å². The summed E-state index contributed by atoms with van der Waals surface area (Å²) in [4.78, 5) is 35.0. The van der Waals surface area contributed by atoms with Gasteiger partial charge in [0.25, 0.3) is 5.91 Å². The number of benzene rings is 1. The van der Waals surface area contributed by atoms with Gasteiger partial charge in [-0.3, -0.25) is 14.9 Å². The fourth-order valence-electron chi connectivity index (χ4n) is 5.66. The molecular formula is C28H33F4N5O4. The highest BCUT2D eigenvalue weighted by Crippen LogP contribution is 2.53. The van der Waals surface area contributed by atoms with Gasteiger partial charge in [0.05, 0.1) is 47.8 Å². The van der Waals surface area contributed by atoms with E-state index in [0.717, 1.165) is 18.9 Å². The van der Waals surface area contributed by atoms with Gasteiger partial charge in [-0.2, -0.15) is 13.2 Å². The molecule has 1 aromatic heterocycles. The molecule has 0 bridgehead atoms. The smallest absolute Gasteiger partial charge is 0.395 e. The van der Waals surface area contributed by atoms with Crippen LogP contribution in [0.1, 0.15) is 48.9 Å². The van der Waals surface area contributed by atoms with Gasteiger partial charge in [-0.15, -0.1) is 0 Å². The maximum Gasteiger partial charge on any atom is 0.395 e. The number of β-amino-alcohol motifs (C(OH)–C–C–N with tert-alkyl or cyclic N) is 1. The topological polar surface area (TPSA) is 117 Å². The third-order valence-electron chi connectivity index (χ3n) is 8.41. The SMILES string of the molecule is O=C(NC(=O)[C@@H]1C[C@@H](O)CN1)c1ccc(-c2cnc(OCC3CCN(CC4(C(F)(F)F)CCC4)CC3)cn2)cc1F. The Hall–Kier alpha value is -3.16. The number of aliphatic hydroxyl groups excluding tert-OH is 1. The normalized spacial score (nSPS) is 23.1. The Morgan fingerprint density at radius 3 is 2.49 bits per heavy atom. The Morgan fingerprint density at radius 2 is 1.93 bits per heavy atom. The van der Waals surface area contributed by atoms with Crippen LogP contribution in [0.2, 0.25) is 0 Å². The van der Waals surface area contributed by atoms with Crippen LogP contribution in [0.5, 0.6) is 5.88 Å². The largest absolute Gasteiger partial charge is 0.476 e. The summed E-state index contributed by atoms with van der Waals surface area (Å²) in [6, 6.07) is 3.15. The molecule has 2 aliphatic heterocycles. The van der Waals surface area contributed by atoms with Crippen LogP contribution in [0.3, 0.4) is 0 Å². The number of piperidine rings is 1. The standard InChI is InChI=1S/C28H33F4N5O4/c29-21-10-18(2-3-20(21)25(39)36-26(40)22-11-19(38)12-33-22)23-13-35-24(14-34-23)41-15-17-4-8-37(9-5-17)16-27(6-1-7-27)28(30,31)32/h2-3,10,13-14,17,19,22,33,38H,1,4-9,11-12,15-16H2,(H,36,39,40)/t19-,22+/m1/s1. The summed E-state index contributed by atoms with van der Waals surface area (Å²) < 4.78 is 61.0. The maximum absolute atomic E-state index is 14.7. The van der Waals surface area contributed by atoms with Crippen molar-refractivity contribution in [3.63, 3.8) is 0 Å². The number of likely N-dealkylation sites (tertiary alicyclic amines) is 1.